The van der Waals surface area contributed by atoms with Crippen molar-refractivity contribution in [2.45, 2.75) is 18.9 Å². The van der Waals surface area contributed by atoms with Gasteiger partial charge in [0.15, 0.2) is 0 Å². The van der Waals surface area contributed by atoms with Crippen LogP contribution >= 0.6 is 0 Å². The van der Waals surface area contributed by atoms with E-state index in [2.05, 4.69) is 16.0 Å². The number of ether oxygens (including phenoxy) is 2. The van der Waals surface area contributed by atoms with Crippen LogP contribution < -0.4 is 25.4 Å². The van der Waals surface area contributed by atoms with Crippen LogP contribution in [0.25, 0.3) is 0 Å². The second kappa shape index (κ2) is 7.65. The molecule has 7 heteroatoms. The van der Waals surface area contributed by atoms with Gasteiger partial charge in [-0.3, -0.25) is 9.59 Å². The topological polar surface area (TPSA) is 88.7 Å². The number of nitrogens with one attached hydrogen (secondary N) is 3. The number of rotatable bonds is 6. The van der Waals surface area contributed by atoms with E-state index in [1.54, 1.807) is 18.2 Å². The number of methoxy groups -OCH3 is 2. The Morgan fingerprint density at radius 3 is 2.45 bits per heavy atom. The number of benzene rings is 1. The quantitative estimate of drug-likeness (QED) is 0.713. The Bertz CT molecular complexity index is 519. The van der Waals surface area contributed by atoms with Gasteiger partial charge in [-0.15, -0.1) is 0 Å². The molecule has 2 rings (SSSR count). The average molecular weight is 307 g/mol. The molecule has 1 aromatic carbocycles. The molecule has 1 aromatic rings. The lowest BCUT2D eigenvalue weighted by molar-refractivity contribution is -0.125. The standard InChI is InChI=1S/C15H21N3O4/c1-21-11-6-10(7-12(8-11)22-2)18-14(19)9-17-15(20)13-4-3-5-16-13/h6-8,13,16H,3-5,9H2,1-2H3,(H,17,20)(H,18,19). The smallest absolute Gasteiger partial charge is 0.243 e. The minimum atomic E-state index is -0.304. The lowest BCUT2D eigenvalue weighted by atomic mass is 10.2. The molecule has 1 atom stereocenters. The highest BCUT2D eigenvalue weighted by molar-refractivity contribution is 5.95. The summed E-state index contributed by atoms with van der Waals surface area (Å²) in [6, 6.07) is 4.88. The molecule has 7 nitrogen and oxygen atoms in total. The zero-order valence-electron chi connectivity index (χ0n) is 12.8. The number of carbonyl (C=O) groups excluding carboxylic acids is 2. The predicted octanol–water partition coefficient (Wildman–Crippen LogP) is 0.511. The Morgan fingerprint density at radius 1 is 1.23 bits per heavy atom. The highest BCUT2D eigenvalue weighted by Crippen LogP contribution is 2.25. The monoisotopic (exact) mass is 307 g/mol. The van der Waals surface area contributed by atoms with Crippen LogP contribution in [-0.4, -0.2) is 45.2 Å². The molecule has 1 fully saturated rings. The molecule has 1 saturated heterocycles. The van der Waals surface area contributed by atoms with Gasteiger partial charge in [-0.25, -0.2) is 0 Å². The average Bonchev–Trinajstić information content (AvgIpc) is 3.06. The first kappa shape index (κ1) is 16.1. The van der Waals surface area contributed by atoms with Crippen molar-refractivity contribution in [3.05, 3.63) is 18.2 Å². The summed E-state index contributed by atoms with van der Waals surface area (Å²) in [5.41, 5.74) is 0.550. The van der Waals surface area contributed by atoms with E-state index in [1.165, 1.54) is 14.2 Å². The lowest BCUT2D eigenvalue weighted by Crippen LogP contribution is -2.43. The van der Waals surface area contributed by atoms with Crippen molar-refractivity contribution in [1.29, 1.82) is 0 Å². The van der Waals surface area contributed by atoms with Gasteiger partial charge in [0.25, 0.3) is 0 Å². The highest BCUT2D eigenvalue weighted by atomic mass is 16.5. The first-order valence-corrected chi connectivity index (χ1v) is 7.16. The largest absolute Gasteiger partial charge is 0.497 e. The molecule has 0 spiro atoms. The third-order valence-electron chi connectivity index (χ3n) is 3.44. The molecular formula is C15H21N3O4. The molecule has 120 valence electrons. The fourth-order valence-electron chi connectivity index (χ4n) is 2.28. The zero-order chi connectivity index (χ0) is 15.9. The van der Waals surface area contributed by atoms with Gasteiger partial charge in [-0.1, -0.05) is 0 Å². The molecular weight excluding hydrogens is 286 g/mol. The van der Waals surface area contributed by atoms with Crippen molar-refractivity contribution < 1.29 is 19.1 Å². The predicted molar refractivity (Wildman–Crippen MR) is 82.2 cm³/mol. The molecule has 0 aromatic heterocycles. The molecule has 0 bridgehead atoms. The Balaban J connectivity index is 1.87. The Labute approximate surface area is 129 Å². The van der Waals surface area contributed by atoms with Gasteiger partial charge in [-0.2, -0.15) is 0 Å². The summed E-state index contributed by atoms with van der Waals surface area (Å²) in [7, 11) is 3.07. The molecule has 1 aliphatic rings. The van der Waals surface area contributed by atoms with Crippen molar-refractivity contribution in [2.75, 3.05) is 32.6 Å². The molecule has 1 aliphatic heterocycles. The number of hydrogen-bond donors (Lipinski definition) is 3. The van der Waals surface area contributed by atoms with Gasteiger partial charge >= 0.3 is 0 Å². The Morgan fingerprint density at radius 2 is 1.91 bits per heavy atom. The van der Waals surface area contributed by atoms with Gasteiger partial charge in [0.1, 0.15) is 11.5 Å². The van der Waals surface area contributed by atoms with Gasteiger partial charge in [-0.05, 0) is 19.4 Å². The van der Waals surface area contributed by atoms with Crippen LogP contribution in [0.1, 0.15) is 12.8 Å². The van der Waals surface area contributed by atoms with Crippen LogP contribution in [0.3, 0.4) is 0 Å². The zero-order valence-corrected chi connectivity index (χ0v) is 12.8. The minimum Gasteiger partial charge on any atom is -0.497 e. The van der Waals surface area contributed by atoms with Crippen LogP contribution in [0.2, 0.25) is 0 Å². The fourth-order valence-corrected chi connectivity index (χ4v) is 2.28. The minimum absolute atomic E-state index is 0.0729. The van der Waals surface area contributed by atoms with Gasteiger partial charge in [0.05, 0.1) is 26.8 Å². The van der Waals surface area contributed by atoms with Gasteiger partial charge in [0, 0.05) is 23.9 Å². The number of hydrogen-bond acceptors (Lipinski definition) is 5. The van der Waals surface area contributed by atoms with E-state index in [4.69, 9.17) is 9.47 Å². The second-order valence-electron chi connectivity index (χ2n) is 5.02. The van der Waals surface area contributed by atoms with Crippen molar-refractivity contribution in [2.24, 2.45) is 0 Å². The molecule has 0 saturated carbocycles. The van der Waals surface area contributed by atoms with E-state index >= 15 is 0 Å². The fraction of sp³-hybridized carbons (Fsp3) is 0.467. The summed E-state index contributed by atoms with van der Waals surface area (Å²) in [5.74, 6) is 0.709. The molecule has 3 N–H and O–H groups in total. The van der Waals surface area contributed by atoms with Crippen molar-refractivity contribution in [3.63, 3.8) is 0 Å². The summed E-state index contributed by atoms with van der Waals surface area (Å²) in [6.07, 6.45) is 1.79. The third kappa shape index (κ3) is 4.36. The van der Waals surface area contributed by atoms with Crippen LogP contribution in [0.4, 0.5) is 5.69 Å². The summed E-state index contributed by atoms with van der Waals surface area (Å²) in [4.78, 5) is 23.7. The third-order valence-corrected chi connectivity index (χ3v) is 3.44. The number of carbonyl (C=O) groups is 2. The van der Waals surface area contributed by atoms with E-state index in [-0.39, 0.29) is 24.4 Å². The molecule has 1 heterocycles. The summed E-state index contributed by atoms with van der Waals surface area (Å²) in [6.45, 7) is 0.768. The first-order valence-electron chi connectivity index (χ1n) is 7.16. The molecule has 22 heavy (non-hydrogen) atoms. The molecule has 1 unspecified atom stereocenters. The maximum atomic E-state index is 11.9. The summed E-state index contributed by atoms with van der Waals surface area (Å²) in [5, 5.41) is 8.41. The maximum Gasteiger partial charge on any atom is 0.243 e. The SMILES string of the molecule is COc1cc(NC(=O)CNC(=O)C2CCCN2)cc(OC)c1. The molecule has 0 radical (unpaired) electrons. The highest BCUT2D eigenvalue weighted by Gasteiger charge is 2.22. The van der Waals surface area contributed by atoms with E-state index in [0.29, 0.717) is 17.2 Å². The van der Waals surface area contributed by atoms with Crippen molar-refractivity contribution >= 4 is 17.5 Å². The van der Waals surface area contributed by atoms with Crippen LogP contribution in [0.5, 0.6) is 11.5 Å². The van der Waals surface area contributed by atoms with E-state index in [1.807, 2.05) is 0 Å². The molecule has 0 aliphatic carbocycles. The summed E-state index contributed by atoms with van der Waals surface area (Å²) < 4.78 is 10.3. The van der Waals surface area contributed by atoms with E-state index < -0.39 is 0 Å². The summed E-state index contributed by atoms with van der Waals surface area (Å²) >= 11 is 0. The maximum absolute atomic E-state index is 11.9. The van der Waals surface area contributed by atoms with Crippen LogP contribution in [0, 0.1) is 0 Å². The lowest BCUT2D eigenvalue weighted by Gasteiger charge is -2.12. The number of amides is 2. The van der Waals surface area contributed by atoms with E-state index in [9.17, 15) is 9.59 Å². The van der Waals surface area contributed by atoms with Crippen molar-refractivity contribution in [3.8, 4) is 11.5 Å². The molecule has 2 amide bonds. The second-order valence-corrected chi connectivity index (χ2v) is 5.02. The van der Waals surface area contributed by atoms with Gasteiger partial charge < -0.3 is 25.4 Å². The first-order chi connectivity index (χ1) is 10.6. The Hall–Kier alpha value is -2.28. The number of anilines is 1. The van der Waals surface area contributed by atoms with Crippen LogP contribution in [-0.2, 0) is 9.59 Å². The van der Waals surface area contributed by atoms with Gasteiger partial charge in [0.2, 0.25) is 11.8 Å². The van der Waals surface area contributed by atoms with E-state index in [0.717, 1.165) is 19.4 Å². The van der Waals surface area contributed by atoms with Crippen molar-refractivity contribution in [1.82, 2.24) is 10.6 Å². The van der Waals surface area contributed by atoms with Crippen LogP contribution in [0.15, 0.2) is 18.2 Å². The normalized spacial score (nSPS) is 16.9. The Kier molecular flexibility index (Phi) is 5.60.